The molecule has 1 saturated heterocycles. The fraction of sp³-hybridized carbons (Fsp3) is 0.389. The van der Waals surface area contributed by atoms with Gasteiger partial charge in [0.25, 0.3) is 5.91 Å². The number of halogens is 2. The summed E-state index contributed by atoms with van der Waals surface area (Å²) in [6.07, 6.45) is 2.15. The number of aliphatic carboxylic acids is 1. The molecule has 4 atom stereocenters. The zero-order valence-corrected chi connectivity index (χ0v) is 27.1. The van der Waals surface area contributed by atoms with E-state index in [4.69, 9.17) is 27.9 Å². The highest BCUT2D eigenvalue weighted by molar-refractivity contribution is 6.30. The van der Waals surface area contributed by atoms with Gasteiger partial charge in [-0.1, -0.05) is 85.8 Å². The summed E-state index contributed by atoms with van der Waals surface area (Å²) in [6.45, 7) is 1.95. The lowest BCUT2D eigenvalue weighted by Crippen LogP contribution is -2.59. The van der Waals surface area contributed by atoms with Gasteiger partial charge in [0.1, 0.15) is 18.2 Å². The third-order valence-corrected chi connectivity index (χ3v) is 9.66. The Hall–Kier alpha value is -3.90. The number of nitrogens with zero attached hydrogens (tertiary/aromatic N) is 2. The molecule has 3 aromatic rings. The number of rotatable bonds is 11. The number of nitriles is 1. The largest absolute Gasteiger partial charge is 0.481 e. The van der Waals surface area contributed by atoms with Crippen molar-refractivity contribution in [3.63, 3.8) is 0 Å². The lowest BCUT2D eigenvalue weighted by Gasteiger charge is -2.48. The normalized spacial score (nSPS) is 21.4. The fourth-order valence-corrected chi connectivity index (χ4v) is 6.89. The van der Waals surface area contributed by atoms with Crippen molar-refractivity contribution in [2.45, 2.75) is 76.2 Å². The van der Waals surface area contributed by atoms with Crippen LogP contribution in [0.3, 0.4) is 0 Å². The van der Waals surface area contributed by atoms with E-state index in [0.29, 0.717) is 41.3 Å². The molecule has 3 aromatic carbocycles. The van der Waals surface area contributed by atoms with Gasteiger partial charge in [-0.25, -0.2) is 0 Å². The first kappa shape index (κ1) is 33.5. The van der Waals surface area contributed by atoms with Gasteiger partial charge in [0, 0.05) is 23.0 Å². The number of hydrogen-bond donors (Lipinski definition) is 2. The standard InChI is InChI=1S/C36H37Cl2N3O5/c1-2-5-29(33(42)40-22-36(35(44)45)18-3-4-19-36)41-31(25-10-14-27(37)15-11-25)32(26-12-16-28(38)17-13-26)46-30(34(41)43)20-23-6-8-24(21-39)9-7-23/h6-17,29-32H,2-5,18-20,22H2,1H3,(H,40,42)(H,44,45)/t29-,30+,31-,32+/m1/s1. The Labute approximate surface area is 279 Å². The second kappa shape index (κ2) is 14.7. The SMILES string of the molecule is CCC[C@H](C(=O)NCC1(C(=O)O)CCCC1)N1C(=O)[C@H](Cc2ccc(C#N)cc2)O[C@@H](c2ccc(Cl)cc2)[C@H]1c1ccc(Cl)cc1. The Kier molecular flexibility index (Phi) is 10.7. The van der Waals surface area contributed by atoms with Crippen LogP contribution in [0.5, 0.6) is 0 Å². The quantitative estimate of drug-likeness (QED) is 0.227. The molecule has 2 N–H and O–H groups in total. The van der Waals surface area contributed by atoms with E-state index in [1.54, 1.807) is 53.4 Å². The third-order valence-electron chi connectivity index (χ3n) is 9.16. The molecule has 0 aromatic heterocycles. The molecule has 2 aliphatic rings. The topological polar surface area (TPSA) is 120 Å². The van der Waals surface area contributed by atoms with Gasteiger partial charge in [-0.15, -0.1) is 0 Å². The van der Waals surface area contributed by atoms with E-state index in [0.717, 1.165) is 29.5 Å². The van der Waals surface area contributed by atoms with E-state index < -0.39 is 41.6 Å². The highest BCUT2D eigenvalue weighted by atomic mass is 35.5. The van der Waals surface area contributed by atoms with Crippen molar-refractivity contribution in [2.24, 2.45) is 5.41 Å². The fourth-order valence-electron chi connectivity index (χ4n) is 6.64. The molecular weight excluding hydrogens is 625 g/mol. The predicted octanol–water partition coefficient (Wildman–Crippen LogP) is 7.05. The number of carboxylic acid groups (broad SMARTS) is 1. The molecule has 0 spiro atoms. The molecule has 0 bridgehead atoms. The highest BCUT2D eigenvalue weighted by Crippen LogP contribution is 2.45. The third kappa shape index (κ3) is 7.23. The summed E-state index contributed by atoms with van der Waals surface area (Å²) in [5.74, 6) is -1.66. The summed E-state index contributed by atoms with van der Waals surface area (Å²) < 4.78 is 6.67. The van der Waals surface area contributed by atoms with Crippen LogP contribution in [-0.4, -0.2) is 46.5 Å². The molecule has 240 valence electrons. The molecular formula is C36H37Cl2N3O5. The first-order valence-electron chi connectivity index (χ1n) is 15.6. The van der Waals surface area contributed by atoms with Gasteiger partial charge >= 0.3 is 5.97 Å². The average molecular weight is 663 g/mol. The second-order valence-electron chi connectivity index (χ2n) is 12.2. The van der Waals surface area contributed by atoms with Crippen molar-refractivity contribution in [3.05, 3.63) is 105 Å². The lowest BCUT2D eigenvalue weighted by atomic mass is 9.86. The molecule has 0 radical (unpaired) electrons. The van der Waals surface area contributed by atoms with Gasteiger partial charge in [0.15, 0.2) is 0 Å². The first-order chi connectivity index (χ1) is 22.2. The Balaban J connectivity index is 1.58. The second-order valence-corrected chi connectivity index (χ2v) is 13.0. The summed E-state index contributed by atoms with van der Waals surface area (Å²) >= 11 is 12.5. The molecule has 1 aliphatic heterocycles. The average Bonchev–Trinajstić information content (AvgIpc) is 3.55. The summed E-state index contributed by atoms with van der Waals surface area (Å²) in [6, 6.07) is 21.9. The molecule has 10 heteroatoms. The number of benzene rings is 3. The molecule has 2 fully saturated rings. The van der Waals surface area contributed by atoms with Gasteiger partial charge in [0.2, 0.25) is 5.91 Å². The van der Waals surface area contributed by atoms with E-state index >= 15 is 0 Å². The lowest BCUT2D eigenvalue weighted by molar-refractivity contribution is -0.181. The molecule has 1 heterocycles. The van der Waals surface area contributed by atoms with Crippen LogP contribution in [0.25, 0.3) is 0 Å². The van der Waals surface area contributed by atoms with Gasteiger partial charge < -0.3 is 20.1 Å². The molecule has 2 amide bonds. The number of ether oxygens (including phenoxy) is 1. The number of carbonyl (C=O) groups excluding carboxylic acids is 2. The van der Waals surface area contributed by atoms with Gasteiger partial charge in [-0.2, -0.15) is 5.26 Å². The minimum absolute atomic E-state index is 0.000799. The van der Waals surface area contributed by atoms with Gasteiger partial charge in [-0.3, -0.25) is 14.4 Å². The predicted molar refractivity (Wildman–Crippen MR) is 175 cm³/mol. The van der Waals surface area contributed by atoms with Gasteiger partial charge in [0.05, 0.1) is 23.1 Å². The van der Waals surface area contributed by atoms with Crippen molar-refractivity contribution in [3.8, 4) is 6.07 Å². The first-order valence-corrected chi connectivity index (χ1v) is 16.4. The van der Waals surface area contributed by atoms with Crippen molar-refractivity contribution in [1.82, 2.24) is 10.2 Å². The summed E-state index contributed by atoms with van der Waals surface area (Å²) in [5.41, 5.74) is 1.81. The highest BCUT2D eigenvalue weighted by Gasteiger charge is 2.49. The minimum atomic E-state index is -1.01. The molecule has 1 saturated carbocycles. The zero-order valence-electron chi connectivity index (χ0n) is 25.6. The van der Waals surface area contributed by atoms with Crippen LogP contribution in [0.15, 0.2) is 72.8 Å². The maximum Gasteiger partial charge on any atom is 0.311 e. The van der Waals surface area contributed by atoms with Crippen LogP contribution >= 0.6 is 23.2 Å². The van der Waals surface area contributed by atoms with E-state index in [1.807, 2.05) is 31.2 Å². The number of hydrogen-bond acceptors (Lipinski definition) is 5. The molecule has 0 unspecified atom stereocenters. The van der Waals surface area contributed by atoms with Crippen molar-refractivity contribution in [1.29, 1.82) is 5.26 Å². The van der Waals surface area contributed by atoms with Crippen molar-refractivity contribution >= 4 is 41.0 Å². The van der Waals surface area contributed by atoms with Gasteiger partial charge in [-0.05, 0) is 72.4 Å². The van der Waals surface area contributed by atoms with Crippen LogP contribution in [0, 0.1) is 16.7 Å². The number of carboxylic acids is 1. The number of amides is 2. The van der Waals surface area contributed by atoms with E-state index in [2.05, 4.69) is 11.4 Å². The van der Waals surface area contributed by atoms with Crippen LogP contribution in [0.4, 0.5) is 0 Å². The molecule has 5 rings (SSSR count). The number of carbonyl (C=O) groups is 3. The van der Waals surface area contributed by atoms with Crippen LogP contribution in [0.2, 0.25) is 10.0 Å². The Bertz CT molecular complexity index is 1580. The Morgan fingerprint density at radius 1 is 1.00 bits per heavy atom. The van der Waals surface area contributed by atoms with E-state index in [1.165, 1.54) is 0 Å². The number of nitrogens with one attached hydrogen (secondary N) is 1. The minimum Gasteiger partial charge on any atom is -0.481 e. The molecule has 1 aliphatic carbocycles. The summed E-state index contributed by atoms with van der Waals surface area (Å²) in [5, 5.41) is 23.3. The van der Waals surface area contributed by atoms with Crippen molar-refractivity contribution < 1.29 is 24.2 Å². The number of morpholine rings is 1. The van der Waals surface area contributed by atoms with Crippen molar-refractivity contribution in [2.75, 3.05) is 6.54 Å². The maximum atomic E-state index is 14.6. The van der Waals surface area contributed by atoms with E-state index in [9.17, 15) is 24.8 Å². The summed E-state index contributed by atoms with van der Waals surface area (Å²) in [7, 11) is 0. The molecule has 46 heavy (non-hydrogen) atoms. The smallest absolute Gasteiger partial charge is 0.311 e. The monoisotopic (exact) mass is 661 g/mol. The Morgan fingerprint density at radius 3 is 2.13 bits per heavy atom. The van der Waals surface area contributed by atoms with Crippen LogP contribution < -0.4 is 5.32 Å². The van der Waals surface area contributed by atoms with Crippen LogP contribution in [0.1, 0.15) is 79.8 Å². The zero-order chi connectivity index (χ0) is 32.8. The maximum absolute atomic E-state index is 14.6. The molecule has 8 nitrogen and oxygen atoms in total. The van der Waals surface area contributed by atoms with Crippen LogP contribution in [-0.2, 0) is 25.5 Å². The summed E-state index contributed by atoms with van der Waals surface area (Å²) in [4.78, 5) is 42.7. The van der Waals surface area contributed by atoms with E-state index in [-0.39, 0.29) is 18.9 Å². The Morgan fingerprint density at radius 2 is 1.59 bits per heavy atom.